The number of rotatable bonds is 26. The quantitative estimate of drug-likeness (QED) is 0.0479. The van der Waals surface area contributed by atoms with Crippen molar-refractivity contribution < 1.29 is 51.7 Å². The molecule has 13 heteroatoms. The lowest BCUT2D eigenvalue weighted by Gasteiger charge is -2.20. The van der Waals surface area contributed by atoms with Gasteiger partial charge in [0.25, 0.3) is 0 Å². The summed E-state index contributed by atoms with van der Waals surface area (Å²) in [6, 6.07) is 0. The fourth-order valence-electron chi connectivity index (χ4n) is 2.25. The molecule has 0 aliphatic carbocycles. The van der Waals surface area contributed by atoms with Gasteiger partial charge in [-0.15, -0.1) is 18.7 Å². The van der Waals surface area contributed by atoms with E-state index >= 15 is 0 Å². The van der Waals surface area contributed by atoms with Crippen molar-refractivity contribution in [3.05, 3.63) is 0 Å². The number of hydrogen-bond donors (Lipinski definition) is 0. The minimum Gasteiger partial charge on any atom is -0.226 e. The molecule has 0 aromatic carbocycles. The standard InChI is InChI=1S/C20H44O11P2/c1-5-9-13-17-23-27-32(21,28-24-18-14-10-6-2)31-33(22,29-25-19-15-11-7-3)30-26-20-16-12-8-4/h5-20H2,1-4H3. The molecule has 0 radical (unpaired) electrons. The van der Waals surface area contributed by atoms with Crippen molar-refractivity contribution in [1.29, 1.82) is 0 Å². The SMILES string of the molecule is CCCCCOOP(=O)(OOCCCCC)OP(=O)(OOCCCCC)OOCCCCC. The van der Waals surface area contributed by atoms with E-state index in [0.717, 1.165) is 51.4 Å². The molecular weight excluding hydrogens is 478 g/mol. The van der Waals surface area contributed by atoms with Crippen LogP contribution in [0.25, 0.3) is 0 Å². The van der Waals surface area contributed by atoms with E-state index in [1.54, 1.807) is 0 Å². The van der Waals surface area contributed by atoms with Gasteiger partial charge in [-0.3, -0.25) is 0 Å². The minimum absolute atomic E-state index is 0.118. The van der Waals surface area contributed by atoms with Crippen LogP contribution >= 0.6 is 15.6 Å². The van der Waals surface area contributed by atoms with Crippen molar-refractivity contribution in [3.63, 3.8) is 0 Å². The predicted molar refractivity (Wildman–Crippen MR) is 123 cm³/mol. The van der Waals surface area contributed by atoms with E-state index in [9.17, 15) is 9.13 Å². The van der Waals surface area contributed by atoms with Crippen LogP contribution in [0.1, 0.15) is 105 Å². The van der Waals surface area contributed by atoms with Gasteiger partial charge in [0.15, 0.2) is 0 Å². The second-order valence-corrected chi connectivity index (χ2v) is 10.4. The zero-order chi connectivity index (χ0) is 24.7. The van der Waals surface area contributed by atoms with Crippen molar-refractivity contribution in [2.75, 3.05) is 26.4 Å². The summed E-state index contributed by atoms with van der Waals surface area (Å²) in [4.78, 5) is 19.7. The summed E-state index contributed by atoms with van der Waals surface area (Å²) < 4.78 is 50.2. The van der Waals surface area contributed by atoms with Crippen LogP contribution in [-0.4, -0.2) is 26.4 Å². The van der Waals surface area contributed by atoms with Gasteiger partial charge in [-0.1, -0.05) is 79.1 Å². The molecule has 0 saturated carbocycles. The topological polar surface area (TPSA) is 117 Å². The number of phosphoric acid groups is 2. The molecule has 0 aliphatic rings. The molecule has 0 aromatic rings. The number of hydrogen-bond acceptors (Lipinski definition) is 11. The highest BCUT2D eigenvalue weighted by Crippen LogP contribution is 2.66. The van der Waals surface area contributed by atoms with Gasteiger partial charge in [0.2, 0.25) is 0 Å². The summed E-state index contributed by atoms with van der Waals surface area (Å²) in [5.41, 5.74) is 0. The summed E-state index contributed by atoms with van der Waals surface area (Å²) in [5.74, 6) is 0. The molecule has 0 heterocycles. The van der Waals surface area contributed by atoms with Crippen LogP contribution < -0.4 is 0 Å². The smallest absolute Gasteiger partial charge is 0.226 e. The third-order valence-electron chi connectivity index (χ3n) is 4.10. The van der Waals surface area contributed by atoms with Gasteiger partial charge < -0.3 is 0 Å². The normalized spacial score (nSPS) is 12.5. The maximum atomic E-state index is 13.0. The van der Waals surface area contributed by atoms with Gasteiger partial charge in [-0.25, -0.2) is 28.7 Å². The van der Waals surface area contributed by atoms with Gasteiger partial charge in [-0.2, -0.15) is 4.31 Å². The molecule has 0 aromatic heterocycles. The van der Waals surface area contributed by atoms with Crippen molar-refractivity contribution in [1.82, 2.24) is 0 Å². The summed E-state index contributed by atoms with van der Waals surface area (Å²) >= 11 is 0. The molecule has 33 heavy (non-hydrogen) atoms. The van der Waals surface area contributed by atoms with E-state index in [4.69, 9.17) is 42.6 Å². The van der Waals surface area contributed by atoms with Crippen LogP contribution in [-0.2, 0) is 51.7 Å². The maximum absolute atomic E-state index is 13.0. The fourth-order valence-corrected chi connectivity index (χ4v) is 4.53. The highest BCUT2D eigenvalue weighted by Gasteiger charge is 2.45. The molecule has 0 atom stereocenters. The Kier molecular flexibility index (Phi) is 22.6. The molecule has 0 spiro atoms. The van der Waals surface area contributed by atoms with Gasteiger partial charge in [0.1, 0.15) is 0 Å². The van der Waals surface area contributed by atoms with E-state index in [2.05, 4.69) is 0 Å². The Balaban J connectivity index is 5.04. The first-order valence-electron chi connectivity index (χ1n) is 12.1. The average Bonchev–Trinajstić information content (AvgIpc) is 2.78. The molecule has 200 valence electrons. The van der Waals surface area contributed by atoms with Gasteiger partial charge in [-0.05, 0) is 25.7 Å². The average molecular weight is 523 g/mol. The molecule has 0 saturated heterocycles. The molecule has 0 unspecified atom stereocenters. The first-order valence-corrected chi connectivity index (χ1v) is 15.0. The van der Waals surface area contributed by atoms with Crippen LogP contribution in [0, 0.1) is 0 Å². The van der Waals surface area contributed by atoms with Crippen LogP contribution in [0.5, 0.6) is 0 Å². The Morgan fingerprint density at radius 3 is 0.879 bits per heavy atom. The molecule has 0 aliphatic heterocycles. The zero-order valence-electron chi connectivity index (χ0n) is 20.7. The summed E-state index contributed by atoms with van der Waals surface area (Å²) in [6.45, 7) is 8.56. The Labute approximate surface area is 199 Å². The van der Waals surface area contributed by atoms with E-state index in [1.165, 1.54) is 0 Å². The Morgan fingerprint density at radius 1 is 0.424 bits per heavy atom. The van der Waals surface area contributed by atoms with Crippen molar-refractivity contribution in [2.24, 2.45) is 0 Å². The lowest BCUT2D eigenvalue weighted by atomic mass is 10.3. The molecule has 0 fully saturated rings. The van der Waals surface area contributed by atoms with Gasteiger partial charge in [0.05, 0.1) is 26.4 Å². The summed E-state index contributed by atoms with van der Waals surface area (Å²) in [7, 11) is -9.36. The summed E-state index contributed by atoms with van der Waals surface area (Å²) in [6.07, 6.45) is 9.95. The van der Waals surface area contributed by atoms with Crippen molar-refractivity contribution >= 4 is 15.6 Å². The first kappa shape index (κ1) is 33.1. The van der Waals surface area contributed by atoms with Crippen LogP contribution in [0.15, 0.2) is 0 Å². The zero-order valence-corrected chi connectivity index (χ0v) is 22.5. The first-order chi connectivity index (χ1) is 15.9. The minimum atomic E-state index is -4.68. The van der Waals surface area contributed by atoms with Crippen molar-refractivity contribution in [3.8, 4) is 0 Å². The predicted octanol–water partition coefficient (Wildman–Crippen LogP) is 7.77. The largest absolute Gasteiger partial charge is 0.538 e. The van der Waals surface area contributed by atoms with Crippen LogP contribution in [0.3, 0.4) is 0 Å². The Hall–Kier alpha value is 0.1000. The third kappa shape index (κ3) is 20.0. The molecule has 0 bridgehead atoms. The number of unbranched alkanes of at least 4 members (excludes halogenated alkanes) is 8. The molecular formula is C20H44O11P2. The lowest BCUT2D eigenvalue weighted by molar-refractivity contribution is -0.295. The monoisotopic (exact) mass is 522 g/mol. The highest BCUT2D eigenvalue weighted by molar-refractivity contribution is 7.62. The Bertz CT molecular complexity index is 442. The van der Waals surface area contributed by atoms with E-state index in [1.807, 2.05) is 27.7 Å². The summed E-state index contributed by atoms with van der Waals surface area (Å²) in [5, 5.41) is 0. The maximum Gasteiger partial charge on any atom is 0.538 e. The molecule has 0 N–H and O–H groups in total. The van der Waals surface area contributed by atoms with E-state index < -0.39 is 15.6 Å². The molecule has 0 amide bonds. The lowest BCUT2D eigenvalue weighted by Crippen LogP contribution is -2.08. The fraction of sp³-hybridized carbons (Fsp3) is 1.00. The van der Waals surface area contributed by atoms with E-state index in [-0.39, 0.29) is 26.4 Å². The highest BCUT2D eigenvalue weighted by atomic mass is 31.3. The van der Waals surface area contributed by atoms with Crippen molar-refractivity contribution in [2.45, 2.75) is 105 Å². The third-order valence-corrected chi connectivity index (χ3v) is 6.85. The Morgan fingerprint density at radius 2 is 0.667 bits per heavy atom. The van der Waals surface area contributed by atoms with Gasteiger partial charge >= 0.3 is 15.6 Å². The van der Waals surface area contributed by atoms with Gasteiger partial charge in [0, 0.05) is 0 Å². The van der Waals surface area contributed by atoms with Crippen LogP contribution in [0.4, 0.5) is 0 Å². The molecule has 11 nitrogen and oxygen atoms in total. The second kappa shape index (κ2) is 22.6. The van der Waals surface area contributed by atoms with E-state index in [0.29, 0.717) is 25.7 Å². The second-order valence-electron chi connectivity index (χ2n) is 7.39. The molecule has 0 rings (SSSR count). The van der Waals surface area contributed by atoms with Crippen LogP contribution in [0.2, 0.25) is 0 Å².